The van der Waals surface area contributed by atoms with Gasteiger partial charge in [0.05, 0.1) is 25.5 Å². The van der Waals surface area contributed by atoms with Crippen molar-refractivity contribution in [2.45, 2.75) is 0 Å². The average molecular weight is 387 g/mol. The first-order valence-corrected chi connectivity index (χ1v) is 8.22. The predicted molar refractivity (Wildman–Crippen MR) is 99.8 cm³/mol. The van der Waals surface area contributed by atoms with Crippen molar-refractivity contribution in [3.63, 3.8) is 0 Å². The molecule has 8 heteroatoms. The Morgan fingerprint density at radius 3 is 2.30 bits per heavy atom. The second-order valence-electron chi connectivity index (χ2n) is 5.50. The van der Waals surface area contributed by atoms with Crippen LogP contribution in [0.5, 0.6) is 5.75 Å². The molecule has 27 heavy (non-hydrogen) atoms. The van der Waals surface area contributed by atoms with Gasteiger partial charge in [-0.25, -0.2) is 9.69 Å². The van der Waals surface area contributed by atoms with Gasteiger partial charge in [0.1, 0.15) is 16.5 Å². The van der Waals surface area contributed by atoms with Crippen molar-refractivity contribution in [3.05, 3.63) is 64.8 Å². The quantitative estimate of drug-likeness (QED) is 0.628. The normalized spacial score (nSPS) is 13.8. The van der Waals surface area contributed by atoms with Crippen molar-refractivity contribution >= 4 is 40.8 Å². The zero-order valence-corrected chi connectivity index (χ0v) is 15.2. The topological polar surface area (TPSA) is 84.9 Å². The van der Waals surface area contributed by atoms with E-state index in [1.54, 1.807) is 36.4 Å². The molecular formula is C19H15ClN2O5. The monoisotopic (exact) mass is 386 g/mol. The van der Waals surface area contributed by atoms with Crippen molar-refractivity contribution < 1.29 is 23.9 Å². The van der Waals surface area contributed by atoms with Gasteiger partial charge in [-0.2, -0.15) is 0 Å². The van der Waals surface area contributed by atoms with E-state index in [1.807, 2.05) is 0 Å². The summed E-state index contributed by atoms with van der Waals surface area (Å²) in [5, 5.41) is 2.60. The van der Waals surface area contributed by atoms with Crippen LogP contribution < -0.4 is 15.0 Å². The number of esters is 1. The molecule has 0 saturated heterocycles. The molecule has 2 aromatic rings. The Balaban J connectivity index is 1.87. The molecule has 0 saturated carbocycles. The molecule has 0 aliphatic carbocycles. The molecule has 0 unspecified atom stereocenters. The number of ether oxygens (including phenoxy) is 2. The molecule has 0 fully saturated rings. The molecule has 1 heterocycles. The molecule has 7 nitrogen and oxygen atoms in total. The Hall–Kier alpha value is -3.32. The van der Waals surface area contributed by atoms with Crippen LogP contribution in [0.1, 0.15) is 10.4 Å². The number of imide groups is 1. The molecule has 138 valence electrons. The summed E-state index contributed by atoms with van der Waals surface area (Å²) in [7, 11) is 2.73. The minimum Gasteiger partial charge on any atom is -0.495 e. The number of nitrogens with one attached hydrogen (secondary N) is 1. The smallest absolute Gasteiger partial charge is 0.337 e. The third kappa shape index (κ3) is 3.37. The Morgan fingerprint density at radius 2 is 1.67 bits per heavy atom. The number of carbonyl (C=O) groups excluding carboxylic acids is 3. The Labute approximate surface area is 160 Å². The highest BCUT2D eigenvalue weighted by molar-refractivity contribution is 6.53. The maximum absolute atomic E-state index is 12.8. The molecule has 2 aromatic carbocycles. The molecule has 1 N–H and O–H groups in total. The van der Waals surface area contributed by atoms with Gasteiger partial charge in [-0.05, 0) is 36.4 Å². The van der Waals surface area contributed by atoms with Crippen LogP contribution in [0.15, 0.2) is 59.3 Å². The number of rotatable bonds is 5. The average Bonchev–Trinajstić information content (AvgIpc) is 2.91. The summed E-state index contributed by atoms with van der Waals surface area (Å²) in [4.78, 5) is 37.8. The second-order valence-corrected chi connectivity index (χ2v) is 5.88. The van der Waals surface area contributed by atoms with E-state index in [0.29, 0.717) is 22.7 Å². The van der Waals surface area contributed by atoms with E-state index in [9.17, 15) is 14.4 Å². The third-order valence-electron chi connectivity index (χ3n) is 3.93. The molecule has 0 atom stereocenters. The Kier molecular flexibility index (Phi) is 5.14. The molecule has 0 radical (unpaired) electrons. The summed E-state index contributed by atoms with van der Waals surface area (Å²) in [5.74, 6) is -1.37. The number of anilines is 2. The van der Waals surface area contributed by atoms with Crippen LogP contribution in [0, 0.1) is 0 Å². The van der Waals surface area contributed by atoms with Crippen LogP contribution in [0.25, 0.3) is 0 Å². The number of hydrogen-bond donors (Lipinski definition) is 1. The Morgan fingerprint density at radius 1 is 1.00 bits per heavy atom. The molecule has 2 amide bonds. The highest BCUT2D eigenvalue weighted by Crippen LogP contribution is 2.35. The van der Waals surface area contributed by atoms with Gasteiger partial charge in [0, 0.05) is 5.69 Å². The number of benzene rings is 2. The van der Waals surface area contributed by atoms with Gasteiger partial charge in [0.2, 0.25) is 0 Å². The maximum Gasteiger partial charge on any atom is 0.337 e. The first kappa shape index (κ1) is 18.5. The molecule has 0 spiro atoms. The number of nitrogens with zero attached hydrogens (tertiary/aromatic N) is 1. The number of halogens is 1. The van der Waals surface area contributed by atoms with Gasteiger partial charge in [-0.3, -0.25) is 9.59 Å². The van der Waals surface area contributed by atoms with Crippen LogP contribution in [0.4, 0.5) is 11.4 Å². The van der Waals surface area contributed by atoms with Crippen LogP contribution >= 0.6 is 11.6 Å². The first-order valence-electron chi connectivity index (χ1n) is 7.85. The number of carbonyl (C=O) groups is 3. The van der Waals surface area contributed by atoms with E-state index in [-0.39, 0.29) is 10.7 Å². The van der Waals surface area contributed by atoms with E-state index < -0.39 is 17.8 Å². The van der Waals surface area contributed by atoms with E-state index in [4.69, 9.17) is 16.3 Å². The molecule has 0 aromatic heterocycles. The van der Waals surface area contributed by atoms with Gasteiger partial charge in [0.15, 0.2) is 0 Å². The van der Waals surface area contributed by atoms with E-state index in [2.05, 4.69) is 10.1 Å². The zero-order chi connectivity index (χ0) is 19.6. The summed E-state index contributed by atoms with van der Waals surface area (Å²) in [6.07, 6.45) is 0. The van der Waals surface area contributed by atoms with Crippen molar-refractivity contribution in [2.24, 2.45) is 0 Å². The zero-order valence-electron chi connectivity index (χ0n) is 14.5. The molecule has 1 aliphatic rings. The van der Waals surface area contributed by atoms with Crippen molar-refractivity contribution in [1.82, 2.24) is 0 Å². The lowest BCUT2D eigenvalue weighted by Crippen LogP contribution is -2.32. The molecular weight excluding hydrogens is 372 g/mol. The summed E-state index contributed by atoms with van der Waals surface area (Å²) >= 11 is 6.11. The third-order valence-corrected chi connectivity index (χ3v) is 4.28. The summed E-state index contributed by atoms with van der Waals surface area (Å²) in [5.41, 5.74) is 1.08. The second kappa shape index (κ2) is 7.51. The maximum atomic E-state index is 12.8. The number of hydrogen-bond acceptors (Lipinski definition) is 6. The predicted octanol–water partition coefficient (Wildman–Crippen LogP) is 2.92. The lowest BCUT2D eigenvalue weighted by atomic mass is 10.2. The minimum atomic E-state index is -0.653. The van der Waals surface area contributed by atoms with Gasteiger partial charge in [-0.1, -0.05) is 23.7 Å². The highest BCUT2D eigenvalue weighted by Gasteiger charge is 2.40. The van der Waals surface area contributed by atoms with Crippen LogP contribution in [-0.4, -0.2) is 32.0 Å². The van der Waals surface area contributed by atoms with Gasteiger partial charge in [0.25, 0.3) is 11.8 Å². The summed E-state index contributed by atoms with van der Waals surface area (Å²) < 4.78 is 9.85. The number of amides is 2. The van der Waals surface area contributed by atoms with Gasteiger partial charge >= 0.3 is 5.97 Å². The molecule has 3 rings (SSSR count). The van der Waals surface area contributed by atoms with Crippen molar-refractivity contribution in [2.75, 3.05) is 24.4 Å². The first-order chi connectivity index (χ1) is 13.0. The van der Waals surface area contributed by atoms with Crippen LogP contribution in [0.3, 0.4) is 0 Å². The van der Waals surface area contributed by atoms with Crippen molar-refractivity contribution in [3.8, 4) is 5.75 Å². The SMILES string of the molecule is COC(=O)c1ccc(NC2=C(Cl)C(=O)N(c3ccccc3OC)C2=O)cc1. The minimum absolute atomic E-state index is 0.0570. The van der Waals surface area contributed by atoms with Crippen molar-refractivity contribution in [1.29, 1.82) is 0 Å². The van der Waals surface area contributed by atoms with Gasteiger partial charge < -0.3 is 14.8 Å². The van der Waals surface area contributed by atoms with E-state index >= 15 is 0 Å². The molecule has 0 bridgehead atoms. The molecule has 1 aliphatic heterocycles. The lowest BCUT2D eigenvalue weighted by molar-refractivity contribution is -0.120. The fraction of sp³-hybridized carbons (Fsp3) is 0.105. The standard InChI is InChI=1S/C19H15ClN2O5/c1-26-14-6-4-3-5-13(14)22-17(23)15(20)16(18(22)24)21-12-9-7-11(8-10-12)19(25)27-2/h3-10,21H,1-2H3. The van der Waals surface area contributed by atoms with Gasteiger partial charge in [-0.15, -0.1) is 0 Å². The Bertz CT molecular complexity index is 953. The lowest BCUT2D eigenvalue weighted by Gasteiger charge is -2.17. The number of para-hydroxylation sites is 2. The van der Waals surface area contributed by atoms with Crippen LogP contribution in [0.2, 0.25) is 0 Å². The van der Waals surface area contributed by atoms with Crippen LogP contribution in [-0.2, 0) is 14.3 Å². The van der Waals surface area contributed by atoms with E-state index in [1.165, 1.54) is 26.4 Å². The fourth-order valence-corrected chi connectivity index (χ4v) is 2.81. The summed E-state index contributed by atoms with van der Waals surface area (Å²) in [6, 6.07) is 12.9. The number of methoxy groups -OCH3 is 2. The largest absolute Gasteiger partial charge is 0.495 e. The van der Waals surface area contributed by atoms with E-state index in [0.717, 1.165) is 4.90 Å². The summed E-state index contributed by atoms with van der Waals surface area (Å²) in [6.45, 7) is 0. The fourth-order valence-electron chi connectivity index (χ4n) is 2.60. The highest BCUT2D eigenvalue weighted by atomic mass is 35.5.